The van der Waals surface area contributed by atoms with Crippen LogP contribution in [0.2, 0.25) is 5.02 Å². The van der Waals surface area contributed by atoms with Crippen molar-refractivity contribution < 1.29 is 9.53 Å². The molecule has 3 rings (SSSR count). The van der Waals surface area contributed by atoms with Gasteiger partial charge >= 0.3 is 0 Å². The number of aromatic nitrogens is 1. The molecular formula is C19H22ClN3O2. The first kappa shape index (κ1) is 17.9. The number of hydrogen-bond donors (Lipinski definition) is 0. The summed E-state index contributed by atoms with van der Waals surface area (Å²) in [4.78, 5) is 21.7. The van der Waals surface area contributed by atoms with Crippen molar-refractivity contribution >= 4 is 23.3 Å². The Bertz CT molecular complexity index is 732. The zero-order valence-electron chi connectivity index (χ0n) is 14.3. The molecule has 0 radical (unpaired) electrons. The van der Waals surface area contributed by atoms with Crippen LogP contribution in [-0.2, 0) is 4.74 Å². The summed E-state index contributed by atoms with van der Waals surface area (Å²) in [7, 11) is 0. The van der Waals surface area contributed by atoms with Crippen molar-refractivity contribution in [1.29, 1.82) is 0 Å². The average Bonchev–Trinajstić information content (AvgIpc) is 2.63. The Labute approximate surface area is 153 Å². The summed E-state index contributed by atoms with van der Waals surface area (Å²) in [6.45, 7) is 6.49. The van der Waals surface area contributed by atoms with E-state index in [-0.39, 0.29) is 5.91 Å². The number of pyridine rings is 1. The number of benzene rings is 1. The van der Waals surface area contributed by atoms with Crippen LogP contribution in [0.15, 0.2) is 42.5 Å². The standard InChI is InChI=1S/C19H22ClN3O2/c1-15-5-4-8-18(21-15)23(10-9-22-11-13-25-14-12-22)19(24)16-6-2-3-7-17(16)20/h2-8H,9-14H2,1H3. The molecule has 0 atom stereocenters. The van der Waals surface area contributed by atoms with E-state index in [1.807, 2.05) is 37.3 Å². The number of carbonyl (C=O) groups excluding carboxylic acids is 1. The van der Waals surface area contributed by atoms with Crippen LogP contribution in [0.1, 0.15) is 16.1 Å². The van der Waals surface area contributed by atoms with Gasteiger partial charge in [0, 0.05) is 31.9 Å². The molecule has 1 amide bonds. The zero-order valence-corrected chi connectivity index (χ0v) is 15.1. The Morgan fingerprint density at radius 1 is 1.20 bits per heavy atom. The third-order valence-corrected chi connectivity index (χ3v) is 4.57. The van der Waals surface area contributed by atoms with E-state index in [0.29, 0.717) is 22.9 Å². The van der Waals surface area contributed by atoms with Gasteiger partial charge in [0.15, 0.2) is 0 Å². The van der Waals surface area contributed by atoms with Gasteiger partial charge in [-0.1, -0.05) is 29.8 Å². The Morgan fingerprint density at radius 2 is 1.96 bits per heavy atom. The van der Waals surface area contributed by atoms with Crippen molar-refractivity contribution in [3.05, 3.63) is 58.7 Å². The van der Waals surface area contributed by atoms with Gasteiger partial charge < -0.3 is 4.74 Å². The molecule has 2 aromatic rings. The zero-order chi connectivity index (χ0) is 17.6. The van der Waals surface area contributed by atoms with Gasteiger partial charge in [0.05, 0.1) is 23.8 Å². The molecule has 0 aliphatic carbocycles. The lowest BCUT2D eigenvalue weighted by atomic mass is 10.2. The molecule has 25 heavy (non-hydrogen) atoms. The predicted octanol–water partition coefficient (Wildman–Crippen LogP) is 3.02. The Kier molecular flexibility index (Phi) is 6.02. The highest BCUT2D eigenvalue weighted by Gasteiger charge is 2.22. The fourth-order valence-corrected chi connectivity index (χ4v) is 3.06. The SMILES string of the molecule is Cc1cccc(N(CCN2CCOCC2)C(=O)c2ccccc2Cl)n1. The molecule has 1 fully saturated rings. The van der Waals surface area contributed by atoms with Crippen LogP contribution >= 0.6 is 11.6 Å². The van der Waals surface area contributed by atoms with Crippen molar-refractivity contribution in [2.24, 2.45) is 0 Å². The second-order valence-corrected chi connectivity index (χ2v) is 6.44. The Hall–Kier alpha value is -1.95. The summed E-state index contributed by atoms with van der Waals surface area (Å²) in [5, 5.41) is 0.455. The predicted molar refractivity (Wildman–Crippen MR) is 99.4 cm³/mol. The fraction of sp³-hybridized carbons (Fsp3) is 0.368. The number of nitrogens with zero attached hydrogens (tertiary/aromatic N) is 3. The van der Waals surface area contributed by atoms with E-state index in [0.717, 1.165) is 38.5 Å². The van der Waals surface area contributed by atoms with Gasteiger partial charge in [-0.15, -0.1) is 0 Å². The van der Waals surface area contributed by atoms with Gasteiger partial charge in [0.2, 0.25) is 0 Å². The van der Waals surface area contributed by atoms with Gasteiger partial charge in [-0.3, -0.25) is 14.6 Å². The van der Waals surface area contributed by atoms with Crippen molar-refractivity contribution in [3.63, 3.8) is 0 Å². The minimum atomic E-state index is -0.128. The topological polar surface area (TPSA) is 45.7 Å². The molecule has 0 unspecified atom stereocenters. The molecule has 1 aliphatic heterocycles. The molecule has 6 heteroatoms. The Balaban J connectivity index is 1.83. The molecule has 0 saturated carbocycles. The lowest BCUT2D eigenvalue weighted by Crippen LogP contribution is -2.43. The van der Waals surface area contributed by atoms with Crippen molar-refractivity contribution in [2.45, 2.75) is 6.92 Å². The van der Waals surface area contributed by atoms with Gasteiger partial charge in [0.1, 0.15) is 5.82 Å². The maximum atomic E-state index is 13.1. The van der Waals surface area contributed by atoms with Crippen LogP contribution in [-0.4, -0.2) is 55.2 Å². The molecule has 2 heterocycles. The minimum Gasteiger partial charge on any atom is -0.379 e. The summed E-state index contributed by atoms with van der Waals surface area (Å²) < 4.78 is 5.39. The smallest absolute Gasteiger partial charge is 0.260 e. The van der Waals surface area contributed by atoms with Crippen LogP contribution in [0.5, 0.6) is 0 Å². The fourth-order valence-electron chi connectivity index (χ4n) is 2.85. The highest BCUT2D eigenvalue weighted by molar-refractivity contribution is 6.34. The van der Waals surface area contributed by atoms with Crippen LogP contribution in [0, 0.1) is 6.92 Å². The van der Waals surface area contributed by atoms with Crippen LogP contribution < -0.4 is 4.90 Å². The molecule has 1 aromatic heterocycles. The first-order chi connectivity index (χ1) is 12.1. The quantitative estimate of drug-likeness (QED) is 0.823. The molecule has 1 aliphatic rings. The molecule has 1 aromatic carbocycles. The molecule has 5 nitrogen and oxygen atoms in total. The van der Waals surface area contributed by atoms with Crippen molar-refractivity contribution in [2.75, 3.05) is 44.3 Å². The molecule has 0 spiro atoms. The van der Waals surface area contributed by atoms with Crippen molar-refractivity contribution in [3.8, 4) is 0 Å². The average molecular weight is 360 g/mol. The largest absolute Gasteiger partial charge is 0.379 e. The third-order valence-electron chi connectivity index (χ3n) is 4.24. The van der Waals surface area contributed by atoms with E-state index in [4.69, 9.17) is 16.3 Å². The van der Waals surface area contributed by atoms with Crippen LogP contribution in [0.3, 0.4) is 0 Å². The van der Waals surface area contributed by atoms with Gasteiger partial charge in [-0.25, -0.2) is 4.98 Å². The number of morpholine rings is 1. The number of aryl methyl sites for hydroxylation is 1. The molecule has 0 N–H and O–H groups in total. The normalized spacial score (nSPS) is 15.1. The summed E-state index contributed by atoms with van der Waals surface area (Å²) in [5.41, 5.74) is 1.37. The van der Waals surface area contributed by atoms with E-state index in [9.17, 15) is 4.79 Å². The first-order valence-electron chi connectivity index (χ1n) is 8.45. The minimum absolute atomic E-state index is 0.128. The summed E-state index contributed by atoms with van der Waals surface area (Å²) in [6.07, 6.45) is 0. The molecule has 132 valence electrons. The van der Waals surface area contributed by atoms with E-state index in [1.54, 1.807) is 17.0 Å². The number of amides is 1. The van der Waals surface area contributed by atoms with E-state index in [2.05, 4.69) is 9.88 Å². The number of halogens is 1. The molecule has 0 bridgehead atoms. The van der Waals surface area contributed by atoms with Crippen molar-refractivity contribution in [1.82, 2.24) is 9.88 Å². The molecular weight excluding hydrogens is 338 g/mol. The maximum Gasteiger partial charge on any atom is 0.260 e. The van der Waals surface area contributed by atoms with Gasteiger partial charge in [0.25, 0.3) is 5.91 Å². The highest BCUT2D eigenvalue weighted by Crippen LogP contribution is 2.21. The first-order valence-corrected chi connectivity index (χ1v) is 8.83. The Morgan fingerprint density at radius 3 is 2.68 bits per heavy atom. The monoisotopic (exact) mass is 359 g/mol. The van der Waals surface area contributed by atoms with Gasteiger partial charge in [-0.05, 0) is 31.2 Å². The van der Waals surface area contributed by atoms with E-state index >= 15 is 0 Å². The van der Waals surface area contributed by atoms with E-state index < -0.39 is 0 Å². The van der Waals surface area contributed by atoms with Crippen LogP contribution in [0.25, 0.3) is 0 Å². The van der Waals surface area contributed by atoms with Crippen LogP contribution in [0.4, 0.5) is 5.82 Å². The second-order valence-electron chi connectivity index (χ2n) is 6.03. The number of anilines is 1. The lowest BCUT2D eigenvalue weighted by molar-refractivity contribution is 0.0391. The molecule has 1 saturated heterocycles. The number of carbonyl (C=O) groups is 1. The highest BCUT2D eigenvalue weighted by atomic mass is 35.5. The lowest BCUT2D eigenvalue weighted by Gasteiger charge is -2.30. The maximum absolute atomic E-state index is 13.1. The number of hydrogen-bond acceptors (Lipinski definition) is 4. The second kappa shape index (κ2) is 8.43. The van der Waals surface area contributed by atoms with Gasteiger partial charge in [-0.2, -0.15) is 0 Å². The van der Waals surface area contributed by atoms with E-state index in [1.165, 1.54) is 0 Å². The number of rotatable bonds is 5. The third kappa shape index (κ3) is 4.57. The summed E-state index contributed by atoms with van der Waals surface area (Å²) in [5.74, 6) is 0.523. The summed E-state index contributed by atoms with van der Waals surface area (Å²) >= 11 is 6.24. The number of ether oxygens (including phenoxy) is 1. The summed E-state index contributed by atoms with van der Waals surface area (Å²) in [6, 6.07) is 12.8.